The second-order valence-corrected chi connectivity index (χ2v) is 6.55. The van der Waals surface area contributed by atoms with E-state index in [0.29, 0.717) is 0 Å². The fourth-order valence-corrected chi connectivity index (χ4v) is 1.77. The van der Waals surface area contributed by atoms with Gasteiger partial charge in [0.15, 0.2) is 11.5 Å². The van der Waals surface area contributed by atoms with Crippen molar-refractivity contribution in [1.82, 2.24) is 19.5 Å². The van der Waals surface area contributed by atoms with Crippen molar-refractivity contribution in [3.05, 3.63) is 12.7 Å². The molecule has 0 aromatic carbocycles. The molecule has 2 heterocycles. The van der Waals surface area contributed by atoms with Crippen LogP contribution in [0.25, 0.3) is 11.2 Å². The van der Waals surface area contributed by atoms with Crippen LogP contribution in [0.3, 0.4) is 0 Å². The van der Waals surface area contributed by atoms with E-state index < -0.39 is 0 Å². The van der Waals surface area contributed by atoms with Crippen LogP contribution in [-0.2, 0) is 5.54 Å². The number of hydrogen-bond acceptors (Lipinski definition) is 4. The summed E-state index contributed by atoms with van der Waals surface area (Å²) in [6.45, 7) is 12.7. The molecular formula is C13H21N5. The lowest BCUT2D eigenvalue weighted by atomic mass is 10.1. The lowest BCUT2D eigenvalue weighted by molar-refractivity contribution is 0.406. The first-order valence-electron chi connectivity index (χ1n) is 6.15. The predicted molar refractivity (Wildman–Crippen MR) is 73.7 cm³/mol. The van der Waals surface area contributed by atoms with Gasteiger partial charge in [0, 0.05) is 11.1 Å². The van der Waals surface area contributed by atoms with E-state index in [4.69, 9.17) is 0 Å². The van der Waals surface area contributed by atoms with Crippen LogP contribution in [-0.4, -0.2) is 25.1 Å². The monoisotopic (exact) mass is 247 g/mol. The molecule has 0 saturated carbocycles. The molecule has 0 unspecified atom stereocenters. The molecule has 0 radical (unpaired) electrons. The van der Waals surface area contributed by atoms with Gasteiger partial charge in [0.05, 0.1) is 6.33 Å². The average Bonchev–Trinajstić information content (AvgIpc) is 2.58. The zero-order valence-electron chi connectivity index (χ0n) is 11.9. The summed E-state index contributed by atoms with van der Waals surface area (Å²) in [6, 6.07) is 0. The highest BCUT2D eigenvalue weighted by Crippen LogP contribution is 2.25. The Morgan fingerprint density at radius 3 is 2.22 bits per heavy atom. The zero-order valence-corrected chi connectivity index (χ0v) is 11.9. The van der Waals surface area contributed by atoms with Crippen LogP contribution in [0.2, 0.25) is 0 Å². The third kappa shape index (κ3) is 2.44. The highest BCUT2D eigenvalue weighted by Gasteiger charge is 2.20. The minimum atomic E-state index is -0.0488. The molecule has 0 aliphatic rings. The first-order chi connectivity index (χ1) is 8.18. The van der Waals surface area contributed by atoms with E-state index in [0.717, 1.165) is 17.0 Å². The van der Waals surface area contributed by atoms with Gasteiger partial charge in [0.25, 0.3) is 0 Å². The van der Waals surface area contributed by atoms with Crippen LogP contribution in [0.4, 0.5) is 5.82 Å². The third-order valence-electron chi connectivity index (χ3n) is 2.55. The Morgan fingerprint density at radius 2 is 1.67 bits per heavy atom. The first-order valence-corrected chi connectivity index (χ1v) is 6.15. The lowest BCUT2D eigenvalue weighted by Crippen LogP contribution is -2.27. The molecule has 98 valence electrons. The largest absolute Gasteiger partial charge is 0.364 e. The number of nitrogens with zero attached hydrogens (tertiary/aromatic N) is 4. The summed E-state index contributed by atoms with van der Waals surface area (Å²) in [5, 5.41) is 3.36. The Kier molecular flexibility index (Phi) is 2.80. The zero-order chi connectivity index (χ0) is 13.6. The van der Waals surface area contributed by atoms with Gasteiger partial charge in [-0.25, -0.2) is 15.0 Å². The smallest absolute Gasteiger partial charge is 0.165 e. The second kappa shape index (κ2) is 3.93. The Balaban J connectivity index is 2.56. The molecule has 0 bridgehead atoms. The SMILES string of the molecule is CC(C)(C)Nc1ncnc2c1ncn2C(C)(C)C. The van der Waals surface area contributed by atoms with E-state index in [1.807, 2.05) is 6.33 Å². The number of aromatic nitrogens is 4. The van der Waals surface area contributed by atoms with Crippen molar-refractivity contribution in [2.24, 2.45) is 0 Å². The molecule has 5 nitrogen and oxygen atoms in total. The highest BCUT2D eigenvalue weighted by molar-refractivity contribution is 5.83. The van der Waals surface area contributed by atoms with Crippen molar-refractivity contribution >= 4 is 17.0 Å². The summed E-state index contributed by atoms with van der Waals surface area (Å²) >= 11 is 0. The second-order valence-electron chi connectivity index (χ2n) is 6.55. The summed E-state index contributed by atoms with van der Waals surface area (Å²) in [4.78, 5) is 13.1. The predicted octanol–water partition coefficient (Wildman–Crippen LogP) is 2.79. The minimum absolute atomic E-state index is 0.0396. The van der Waals surface area contributed by atoms with Crippen molar-refractivity contribution in [2.75, 3.05) is 5.32 Å². The highest BCUT2D eigenvalue weighted by atomic mass is 15.2. The van der Waals surface area contributed by atoms with Gasteiger partial charge in [-0.15, -0.1) is 0 Å². The van der Waals surface area contributed by atoms with Crippen LogP contribution in [0, 0.1) is 0 Å². The molecule has 5 heteroatoms. The van der Waals surface area contributed by atoms with Crippen LogP contribution in [0.1, 0.15) is 41.5 Å². The van der Waals surface area contributed by atoms with Crippen molar-refractivity contribution in [3.63, 3.8) is 0 Å². The number of nitrogens with one attached hydrogen (secondary N) is 1. The maximum atomic E-state index is 4.44. The van der Waals surface area contributed by atoms with Crippen molar-refractivity contribution in [2.45, 2.75) is 52.6 Å². The molecule has 18 heavy (non-hydrogen) atoms. The van der Waals surface area contributed by atoms with Crippen LogP contribution in [0.5, 0.6) is 0 Å². The molecule has 0 amide bonds. The van der Waals surface area contributed by atoms with Crippen molar-refractivity contribution in [1.29, 1.82) is 0 Å². The molecular weight excluding hydrogens is 226 g/mol. The van der Waals surface area contributed by atoms with Gasteiger partial charge in [-0.2, -0.15) is 0 Å². The van der Waals surface area contributed by atoms with Gasteiger partial charge in [-0.1, -0.05) is 0 Å². The summed E-state index contributed by atoms with van der Waals surface area (Å²) in [5.41, 5.74) is 1.60. The number of fused-ring (bicyclic) bond motifs is 1. The summed E-state index contributed by atoms with van der Waals surface area (Å²) in [7, 11) is 0. The Labute approximate surface area is 108 Å². The number of anilines is 1. The fourth-order valence-electron chi connectivity index (χ4n) is 1.77. The van der Waals surface area contributed by atoms with E-state index in [9.17, 15) is 0 Å². The summed E-state index contributed by atoms with van der Waals surface area (Å²) in [6.07, 6.45) is 3.41. The fraction of sp³-hybridized carbons (Fsp3) is 0.615. The molecule has 0 aliphatic heterocycles. The molecule has 0 atom stereocenters. The Hall–Kier alpha value is -1.65. The normalized spacial score (nSPS) is 13.0. The van der Waals surface area contributed by atoms with E-state index in [2.05, 4.69) is 66.4 Å². The number of rotatable bonds is 1. The van der Waals surface area contributed by atoms with Gasteiger partial charge in [0.1, 0.15) is 11.8 Å². The van der Waals surface area contributed by atoms with Crippen molar-refractivity contribution < 1.29 is 0 Å². The van der Waals surface area contributed by atoms with Crippen molar-refractivity contribution in [3.8, 4) is 0 Å². The molecule has 0 spiro atoms. The van der Waals surface area contributed by atoms with E-state index >= 15 is 0 Å². The molecule has 0 aliphatic carbocycles. The standard InChI is InChI=1S/C13H21N5/c1-12(2,3)17-10-9-11(15-7-14-10)18(8-16-9)13(4,5)6/h7-8H,1-6H3,(H,14,15,17). The first kappa shape index (κ1) is 12.8. The lowest BCUT2D eigenvalue weighted by Gasteiger charge is -2.22. The van der Waals surface area contributed by atoms with Crippen LogP contribution >= 0.6 is 0 Å². The maximum Gasteiger partial charge on any atom is 0.165 e. The van der Waals surface area contributed by atoms with Gasteiger partial charge in [0.2, 0.25) is 0 Å². The minimum Gasteiger partial charge on any atom is -0.364 e. The van der Waals surface area contributed by atoms with Gasteiger partial charge in [-0.3, -0.25) is 0 Å². The molecule has 2 aromatic heterocycles. The Morgan fingerprint density at radius 1 is 1.00 bits per heavy atom. The van der Waals surface area contributed by atoms with E-state index in [-0.39, 0.29) is 11.1 Å². The number of hydrogen-bond donors (Lipinski definition) is 1. The van der Waals surface area contributed by atoms with Crippen LogP contribution < -0.4 is 5.32 Å². The quantitative estimate of drug-likeness (QED) is 0.842. The van der Waals surface area contributed by atoms with Gasteiger partial charge >= 0.3 is 0 Å². The summed E-state index contributed by atoms with van der Waals surface area (Å²) in [5.74, 6) is 0.788. The maximum absolute atomic E-state index is 4.44. The van der Waals surface area contributed by atoms with Gasteiger partial charge < -0.3 is 9.88 Å². The molecule has 1 N–H and O–H groups in total. The average molecular weight is 247 g/mol. The molecule has 0 saturated heterocycles. The third-order valence-corrected chi connectivity index (χ3v) is 2.55. The molecule has 2 aromatic rings. The molecule has 0 fully saturated rings. The Bertz CT molecular complexity index is 557. The summed E-state index contributed by atoms with van der Waals surface area (Å²) < 4.78 is 2.07. The molecule has 2 rings (SSSR count). The van der Waals surface area contributed by atoms with E-state index in [1.165, 1.54) is 0 Å². The van der Waals surface area contributed by atoms with E-state index in [1.54, 1.807) is 6.33 Å². The van der Waals surface area contributed by atoms with Gasteiger partial charge in [-0.05, 0) is 41.5 Å². The topological polar surface area (TPSA) is 55.6 Å². The van der Waals surface area contributed by atoms with Crippen LogP contribution in [0.15, 0.2) is 12.7 Å². The number of imidazole rings is 1.